The van der Waals surface area contributed by atoms with Crippen molar-refractivity contribution < 1.29 is 0 Å². The Morgan fingerprint density at radius 2 is 1.11 bits per heavy atom. The molecule has 0 radical (unpaired) electrons. The minimum atomic E-state index is -1.48. The van der Waals surface area contributed by atoms with Gasteiger partial charge in [-0.15, -0.1) is 0 Å². The molecule has 0 bridgehead atoms. The van der Waals surface area contributed by atoms with Crippen LogP contribution in [0, 0.1) is 0 Å². The van der Waals surface area contributed by atoms with E-state index in [0.29, 0.717) is 0 Å². The lowest BCUT2D eigenvalue weighted by molar-refractivity contribution is 0.399. The Bertz CT molecular complexity index is 448. The zero-order valence-electron chi connectivity index (χ0n) is 8.94. The number of halogens is 6. The molecule has 0 nitrogen and oxygen atoms in total. The second-order valence-corrected chi connectivity index (χ2v) is 8.42. The lowest BCUT2D eigenvalue weighted by Gasteiger charge is -2.52. The second kappa shape index (κ2) is 4.91. The molecule has 1 aromatic carbocycles. The highest BCUT2D eigenvalue weighted by Crippen LogP contribution is 2.68. The second-order valence-electron chi connectivity index (χ2n) is 4.12. The van der Waals surface area contributed by atoms with Gasteiger partial charge in [-0.3, -0.25) is 0 Å². The standard InChI is InChI=1S/C8H6.C4H2Cl6/c1-2-4-8-6-5-7(8)3-1;5-2(6)1-3(7,8)4(2,9)10/h1-6H;1H2. The average Bonchev–Trinajstić information content (AvgIpc) is 2.19. The number of hydrogen-bond acceptors (Lipinski definition) is 0. The minimum absolute atomic E-state index is 0.166. The maximum atomic E-state index is 5.63. The molecular formula is C12H8Cl6. The average molecular weight is 365 g/mol. The summed E-state index contributed by atoms with van der Waals surface area (Å²) in [6, 6.07) is 8.36. The summed E-state index contributed by atoms with van der Waals surface area (Å²) in [6.45, 7) is 0. The lowest BCUT2D eigenvalue weighted by Crippen LogP contribution is -2.63. The van der Waals surface area contributed by atoms with Crippen molar-refractivity contribution in [1.29, 1.82) is 0 Å². The van der Waals surface area contributed by atoms with E-state index in [0.717, 1.165) is 0 Å². The molecule has 0 heterocycles. The van der Waals surface area contributed by atoms with E-state index in [2.05, 4.69) is 36.4 Å². The van der Waals surface area contributed by atoms with Crippen molar-refractivity contribution in [2.45, 2.75) is 19.4 Å². The fourth-order valence-corrected chi connectivity index (χ4v) is 3.74. The molecule has 0 aliphatic heterocycles. The zero-order valence-corrected chi connectivity index (χ0v) is 13.5. The van der Waals surface area contributed by atoms with Crippen molar-refractivity contribution in [3.63, 3.8) is 0 Å². The number of alkyl halides is 6. The Labute approximate surface area is 136 Å². The van der Waals surface area contributed by atoms with Crippen LogP contribution >= 0.6 is 69.6 Å². The number of benzene rings is 1. The van der Waals surface area contributed by atoms with Gasteiger partial charge in [-0.05, 0) is 11.1 Å². The molecule has 1 fully saturated rings. The zero-order chi connectivity index (χ0) is 13.6. The van der Waals surface area contributed by atoms with Crippen LogP contribution < -0.4 is 0 Å². The summed E-state index contributed by atoms with van der Waals surface area (Å²) in [7, 11) is 0. The molecule has 0 spiro atoms. The van der Waals surface area contributed by atoms with Crippen molar-refractivity contribution >= 4 is 81.8 Å². The predicted molar refractivity (Wildman–Crippen MR) is 83.3 cm³/mol. The lowest BCUT2D eigenvalue weighted by atomic mass is 9.95. The van der Waals surface area contributed by atoms with Gasteiger partial charge in [-0.2, -0.15) is 0 Å². The fraction of sp³-hybridized carbons (Fsp3) is 0.333. The maximum Gasteiger partial charge on any atom is 0.183 e. The molecule has 0 N–H and O–H groups in total. The molecular weight excluding hydrogens is 357 g/mol. The molecule has 2 aliphatic rings. The van der Waals surface area contributed by atoms with Gasteiger partial charge in [0.1, 0.15) is 0 Å². The van der Waals surface area contributed by atoms with Crippen LogP contribution in [-0.4, -0.2) is 13.0 Å². The molecule has 0 atom stereocenters. The highest BCUT2D eigenvalue weighted by atomic mass is 35.5. The molecule has 0 aromatic heterocycles. The quantitative estimate of drug-likeness (QED) is 0.497. The van der Waals surface area contributed by atoms with E-state index in [4.69, 9.17) is 69.6 Å². The van der Waals surface area contributed by atoms with Crippen LogP contribution in [0.25, 0.3) is 12.2 Å². The molecule has 0 unspecified atom stereocenters. The maximum absolute atomic E-state index is 5.63. The number of hydrogen-bond donors (Lipinski definition) is 0. The van der Waals surface area contributed by atoms with Gasteiger partial charge in [0.15, 0.2) is 13.0 Å². The van der Waals surface area contributed by atoms with Gasteiger partial charge < -0.3 is 0 Å². The first-order chi connectivity index (χ1) is 8.17. The molecule has 2 aliphatic carbocycles. The van der Waals surface area contributed by atoms with Crippen molar-refractivity contribution in [3.8, 4) is 0 Å². The van der Waals surface area contributed by atoms with Gasteiger partial charge in [-0.25, -0.2) is 0 Å². The molecule has 3 rings (SSSR count). The van der Waals surface area contributed by atoms with Gasteiger partial charge >= 0.3 is 0 Å². The van der Waals surface area contributed by atoms with Crippen molar-refractivity contribution in [2.24, 2.45) is 0 Å². The van der Waals surface area contributed by atoms with Crippen molar-refractivity contribution in [3.05, 3.63) is 35.4 Å². The monoisotopic (exact) mass is 362 g/mol. The molecule has 98 valence electrons. The van der Waals surface area contributed by atoms with E-state index >= 15 is 0 Å². The molecule has 0 amide bonds. The molecule has 1 saturated carbocycles. The third-order valence-corrected chi connectivity index (χ3v) is 6.53. The molecule has 18 heavy (non-hydrogen) atoms. The Kier molecular flexibility index (Phi) is 4.12. The van der Waals surface area contributed by atoms with Crippen molar-refractivity contribution in [1.82, 2.24) is 0 Å². The van der Waals surface area contributed by atoms with E-state index in [1.54, 1.807) is 0 Å². The highest BCUT2D eigenvalue weighted by molar-refractivity contribution is 6.72. The third kappa shape index (κ3) is 2.49. The first-order valence-corrected chi connectivity index (χ1v) is 7.35. The first-order valence-electron chi connectivity index (χ1n) is 5.08. The van der Waals surface area contributed by atoms with E-state index in [1.807, 2.05) is 0 Å². The Hall–Kier alpha value is 0.700. The summed E-state index contributed by atoms with van der Waals surface area (Å²) >= 11 is 33.7. The van der Waals surface area contributed by atoms with Gasteiger partial charge in [0.25, 0.3) is 0 Å². The summed E-state index contributed by atoms with van der Waals surface area (Å²) in [4.78, 5) is 0. The predicted octanol–water partition coefficient (Wildman–Crippen LogP) is 6.08. The fourth-order valence-electron chi connectivity index (χ4n) is 1.56. The van der Waals surface area contributed by atoms with Crippen LogP contribution in [0.1, 0.15) is 17.5 Å². The number of fused-ring (bicyclic) bond motifs is 1. The molecule has 1 aromatic rings. The van der Waals surface area contributed by atoms with Crippen LogP contribution in [0.5, 0.6) is 0 Å². The van der Waals surface area contributed by atoms with Gasteiger partial charge in [0.05, 0.1) is 0 Å². The van der Waals surface area contributed by atoms with Crippen LogP contribution in [0.4, 0.5) is 0 Å². The summed E-state index contributed by atoms with van der Waals surface area (Å²) < 4.78 is -3.95. The van der Waals surface area contributed by atoms with Crippen LogP contribution in [-0.2, 0) is 0 Å². The summed E-state index contributed by atoms with van der Waals surface area (Å²) in [5, 5.41) is 0. The minimum Gasteiger partial charge on any atom is -0.0980 e. The van der Waals surface area contributed by atoms with Crippen molar-refractivity contribution in [2.75, 3.05) is 0 Å². The molecule has 6 heteroatoms. The van der Waals surface area contributed by atoms with Crippen LogP contribution in [0.2, 0.25) is 0 Å². The van der Waals surface area contributed by atoms with Gasteiger partial charge in [-0.1, -0.05) is 106 Å². The number of rotatable bonds is 0. The summed E-state index contributed by atoms with van der Waals surface area (Å²) in [5.74, 6) is 0. The van der Waals surface area contributed by atoms with Gasteiger partial charge in [0, 0.05) is 6.42 Å². The largest absolute Gasteiger partial charge is 0.183 e. The first kappa shape index (κ1) is 15.1. The van der Waals surface area contributed by atoms with Crippen LogP contribution in [0.3, 0.4) is 0 Å². The molecule has 0 saturated heterocycles. The van der Waals surface area contributed by atoms with E-state index in [-0.39, 0.29) is 6.42 Å². The Balaban J connectivity index is 0.000000136. The topological polar surface area (TPSA) is 0 Å². The highest BCUT2D eigenvalue weighted by Gasteiger charge is 2.72. The summed E-state index contributed by atoms with van der Waals surface area (Å²) in [5.41, 5.74) is 2.74. The Morgan fingerprint density at radius 1 is 0.722 bits per heavy atom. The van der Waals surface area contributed by atoms with E-state index in [9.17, 15) is 0 Å². The van der Waals surface area contributed by atoms with Crippen LogP contribution in [0.15, 0.2) is 24.3 Å². The normalized spacial score (nSPS) is 23.9. The SMILES string of the molecule is C1=Cc2ccccc21.ClC1(Cl)CC(Cl)(Cl)C1(Cl)Cl. The third-order valence-electron chi connectivity index (χ3n) is 2.80. The summed E-state index contributed by atoms with van der Waals surface area (Å²) in [6.07, 6.45) is 4.41. The van der Waals surface area contributed by atoms with E-state index < -0.39 is 13.0 Å². The van der Waals surface area contributed by atoms with Gasteiger partial charge in [0.2, 0.25) is 0 Å². The Morgan fingerprint density at radius 3 is 1.22 bits per heavy atom. The smallest absolute Gasteiger partial charge is 0.0980 e. The van der Waals surface area contributed by atoms with E-state index in [1.165, 1.54) is 11.1 Å².